The van der Waals surface area contributed by atoms with Gasteiger partial charge in [-0.2, -0.15) is 0 Å². The molecule has 0 saturated carbocycles. The Labute approximate surface area is 286 Å². The first-order valence-corrected chi connectivity index (χ1v) is 16.7. The SMILES string of the molecule is c1ccc(-c2ccc(-c3nc(-c4ccc(-c5cc(-c6cccnc6)nc(-c6ccccn6)c5)cc4)c4sc5ncccc5c4n3)cc2)cc1. The maximum Gasteiger partial charge on any atom is 0.160 e. The molecule has 6 aromatic heterocycles. The number of nitrogens with zero attached hydrogens (tertiary/aromatic N) is 6. The highest BCUT2D eigenvalue weighted by molar-refractivity contribution is 7.25. The Morgan fingerprint density at radius 2 is 1.10 bits per heavy atom. The number of pyridine rings is 4. The van der Waals surface area contributed by atoms with E-state index in [4.69, 9.17) is 15.0 Å². The molecule has 0 radical (unpaired) electrons. The molecule has 0 atom stereocenters. The average Bonchev–Trinajstić information content (AvgIpc) is 3.57. The van der Waals surface area contributed by atoms with Gasteiger partial charge in [-0.3, -0.25) is 9.97 Å². The third-order valence-electron chi connectivity index (χ3n) is 8.54. The molecule has 0 saturated heterocycles. The Balaban J connectivity index is 1.15. The van der Waals surface area contributed by atoms with Crippen molar-refractivity contribution in [2.45, 2.75) is 0 Å². The molecule has 9 rings (SSSR count). The molecule has 0 spiro atoms. The highest BCUT2D eigenvalue weighted by Crippen LogP contribution is 2.39. The fourth-order valence-electron chi connectivity index (χ4n) is 6.07. The van der Waals surface area contributed by atoms with E-state index in [0.29, 0.717) is 5.82 Å². The zero-order valence-electron chi connectivity index (χ0n) is 26.1. The summed E-state index contributed by atoms with van der Waals surface area (Å²) in [5, 5.41) is 1.03. The standard InChI is InChI=1S/C42H26N6S/c1-2-8-27(9-3-1)28-15-19-31(20-16-28)41-47-38(40-39(48-41)34-11-7-23-45-42(34)49-40)30-17-13-29(14-18-30)33-24-36(32-10-6-21-43-26-32)46-37(25-33)35-12-4-5-22-44-35/h1-26H. The van der Waals surface area contributed by atoms with Gasteiger partial charge in [-0.1, -0.05) is 84.9 Å². The molecule has 7 heteroatoms. The minimum atomic E-state index is 0.685. The summed E-state index contributed by atoms with van der Waals surface area (Å²) in [5.74, 6) is 0.685. The van der Waals surface area contributed by atoms with E-state index in [-0.39, 0.29) is 0 Å². The van der Waals surface area contributed by atoms with Gasteiger partial charge in [0.05, 0.1) is 33.0 Å². The van der Waals surface area contributed by atoms with E-state index in [9.17, 15) is 0 Å². The van der Waals surface area contributed by atoms with E-state index < -0.39 is 0 Å². The van der Waals surface area contributed by atoms with Gasteiger partial charge in [-0.05, 0) is 70.8 Å². The average molecular weight is 647 g/mol. The van der Waals surface area contributed by atoms with Crippen LogP contribution in [0.15, 0.2) is 158 Å². The summed E-state index contributed by atoms with van der Waals surface area (Å²) < 4.78 is 1.02. The van der Waals surface area contributed by atoms with Gasteiger partial charge in [-0.15, -0.1) is 11.3 Å². The smallest absolute Gasteiger partial charge is 0.160 e. The van der Waals surface area contributed by atoms with E-state index >= 15 is 0 Å². The predicted octanol–water partition coefficient (Wildman–Crippen LogP) is 10.4. The lowest BCUT2D eigenvalue weighted by Gasteiger charge is -2.11. The van der Waals surface area contributed by atoms with Crippen molar-refractivity contribution in [3.05, 3.63) is 158 Å². The first-order chi connectivity index (χ1) is 24.3. The van der Waals surface area contributed by atoms with Crippen LogP contribution in [0.3, 0.4) is 0 Å². The largest absolute Gasteiger partial charge is 0.264 e. The first-order valence-electron chi connectivity index (χ1n) is 15.9. The zero-order chi connectivity index (χ0) is 32.6. The van der Waals surface area contributed by atoms with Crippen LogP contribution >= 0.6 is 11.3 Å². The molecule has 0 aliphatic rings. The van der Waals surface area contributed by atoms with Gasteiger partial charge in [0.15, 0.2) is 5.82 Å². The second-order valence-corrected chi connectivity index (χ2v) is 12.6. The van der Waals surface area contributed by atoms with Crippen LogP contribution in [0.1, 0.15) is 0 Å². The van der Waals surface area contributed by atoms with Crippen LogP contribution in [0.25, 0.3) is 88.0 Å². The summed E-state index contributed by atoms with van der Waals surface area (Å²) in [5.41, 5.74) is 11.6. The molecule has 6 nitrogen and oxygen atoms in total. The van der Waals surface area contributed by atoms with Crippen molar-refractivity contribution < 1.29 is 0 Å². The lowest BCUT2D eigenvalue weighted by atomic mass is 9.99. The molecule has 0 fully saturated rings. The monoisotopic (exact) mass is 646 g/mol. The summed E-state index contributed by atoms with van der Waals surface area (Å²) in [7, 11) is 0. The minimum absolute atomic E-state index is 0.685. The number of benzene rings is 3. The van der Waals surface area contributed by atoms with E-state index in [0.717, 1.165) is 76.6 Å². The summed E-state index contributed by atoms with van der Waals surface area (Å²) in [6, 6.07) is 45.5. The highest BCUT2D eigenvalue weighted by Gasteiger charge is 2.18. The van der Waals surface area contributed by atoms with Gasteiger partial charge < -0.3 is 0 Å². The molecule has 0 aliphatic heterocycles. The quantitative estimate of drug-likeness (QED) is 0.179. The van der Waals surface area contributed by atoms with E-state index in [1.807, 2.05) is 54.9 Å². The molecule has 0 N–H and O–H groups in total. The van der Waals surface area contributed by atoms with E-state index in [1.54, 1.807) is 23.7 Å². The topological polar surface area (TPSA) is 77.3 Å². The molecule has 0 unspecified atom stereocenters. The Morgan fingerprint density at radius 3 is 1.88 bits per heavy atom. The zero-order valence-corrected chi connectivity index (χ0v) is 26.9. The van der Waals surface area contributed by atoms with Crippen LogP contribution < -0.4 is 0 Å². The number of aromatic nitrogens is 6. The maximum absolute atomic E-state index is 5.20. The van der Waals surface area contributed by atoms with Gasteiger partial charge in [0.2, 0.25) is 0 Å². The number of rotatable bonds is 6. The maximum atomic E-state index is 5.20. The van der Waals surface area contributed by atoms with Crippen LogP contribution in [0, 0.1) is 0 Å². The summed E-state index contributed by atoms with van der Waals surface area (Å²) in [6.07, 6.45) is 7.23. The van der Waals surface area contributed by atoms with Crippen molar-refractivity contribution in [1.82, 2.24) is 29.9 Å². The van der Waals surface area contributed by atoms with Crippen molar-refractivity contribution in [2.75, 3.05) is 0 Å². The Hall–Kier alpha value is -6.44. The van der Waals surface area contributed by atoms with Crippen molar-refractivity contribution >= 4 is 31.8 Å². The molecular formula is C42H26N6S. The minimum Gasteiger partial charge on any atom is -0.264 e. The third kappa shape index (κ3) is 5.52. The van der Waals surface area contributed by atoms with Crippen LogP contribution in [0.2, 0.25) is 0 Å². The Kier molecular flexibility index (Phi) is 7.22. The lowest BCUT2D eigenvalue weighted by molar-refractivity contribution is 1.24. The molecule has 49 heavy (non-hydrogen) atoms. The normalized spacial score (nSPS) is 11.3. The number of hydrogen-bond donors (Lipinski definition) is 0. The van der Waals surface area contributed by atoms with Gasteiger partial charge in [0.1, 0.15) is 4.83 Å². The van der Waals surface area contributed by atoms with Crippen molar-refractivity contribution in [3.8, 4) is 67.5 Å². The van der Waals surface area contributed by atoms with E-state index in [1.165, 1.54) is 5.56 Å². The van der Waals surface area contributed by atoms with Crippen molar-refractivity contribution in [2.24, 2.45) is 0 Å². The fourth-order valence-corrected chi connectivity index (χ4v) is 7.17. The molecule has 0 bridgehead atoms. The van der Waals surface area contributed by atoms with Crippen molar-refractivity contribution in [1.29, 1.82) is 0 Å². The van der Waals surface area contributed by atoms with Crippen LogP contribution in [-0.4, -0.2) is 29.9 Å². The molecule has 6 heterocycles. The summed E-state index contributed by atoms with van der Waals surface area (Å²) in [4.78, 5) is 29.8. The first kappa shape index (κ1) is 28.8. The van der Waals surface area contributed by atoms with Crippen LogP contribution in [0.5, 0.6) is 0 Å². The summed E-state index contributed by atoms with van der Waals surface area (Å²) >= 11 is 1.63. The molecule has 230 valence electrons. The second-order valence-electron chi connectivity index (χ2n) is 11.6. The molecule has 9 aromatic rings. The van der Waals surface area contributed by atoms with Gasteiger partial charge in [-0.25, -0.2) is 19.9 Å². The number of hydrogen-bond acceptors (Lipinski definition) is 7. The van der Waals surface area contributed by atoms with Crippen LogP contribution in [0.4, 0.5) is 0 Å². The van der Waals surface area contributed by atoms with Crippen molar-refractivity contribution in [3.63, 3.8) is 0 Å². The predicted molar refractivity (Wildman–Crippen MR) is 199 cm³/mol. The van der Waals surface area contributed by atoms with Gasteiger partial charge in [0.25, 0.3) is 0 Å². The summed E-state index contributed by atoms with van der Waals surface area (Å²) in [6.45, 7) is 0. The Morgan fingerprint density at radius 1 is 0.429 bits per heavy atom. The Bertz CT molecular complexity index is 2510. The highest BCUT2D eigenvalue weighted by atomic mass is 32.1. The number of thiophene rings is 1. The molecule has 0 amide bonds. The molecular weight excluding hydrogens is 621 g/mol. The number of fused-ring (bicyclic) bond motifs is 3. The van der Waals surface area contributed by atoms with E-state index in [2.05, 4.69) is 106 Å². The fraction of sp³-hybridized carbons (Fsp3) is 0. The lowest BCUT2D eigenvalue weighted by Crippen LogP contribution is -1.94. The third-order valence-corrected chi connectivity index (χ3v) is 9.65. The molecule has 3 aromatic carbocycles. The van der Waals surface area contributed by atoms with Gasteiger partial charge >= 0.3 is 0 Å². The second kappa shape index (κ2) is 12.3. The van der Waals surface area contributed by atoms with Gasteiger partial charge in [0, 0.05) is 46.9 Å². The van der Waals surface area contributed by atoms with Crippen LogP contribution in [-0.2, 0) is 0 Å². The molecule has 0 aliphatic carbocycles.